The summed E-state index contributed by atoms with van der Waals surface area (Å²) < 4.78 is 0. The Morgan fingerprint density at radius 1 is 0.636 bits per heavy atom. The molecule has 0 fully saturated rings. The molecule has 0 saturated heterocycles. The fraction of sp³-hybridized carbons (Fsp3) is 0.400. The smallest absolute Gasteiger partial charge is 0.0346 e. The van der Waals surface area contributed by atoms with Crippen LogP contribution in [-0.2, 0) is 0 Å². The Balaban J connectivity index is 0.000000220. The van der Waals surface area contributed by atoms with Gasteiger partial charge in [0.1, 0.15) is 0 Å². The molecule has 0 saturated carbocycles. The van der Waals surface area contributed by atoms with Crippen LogP contribution in [0.2, 0.25) is 0 Å². The van der Waals surface area contributed by atoms with Crippen molar-refractivity contribution in [3.05, 3.63) is 58.7 Å². The van der Waals surface area contributed by atoms with Crippen LogP contribution in [0.4, 0.5) is 11.4 Å². The van der Waals surface area contributed by atoms with Gasteiger partial charge in [0.05, 0.1) is 0 Å². The molecule has 0 aliphatic carbocycles. The first-order chi connectivity index (χ1) is 10.2. The van der Waals surface area contributed by atoms with Crippen LogP contribution in [0, 0.1) is 13.8 Å². The SMILES string of the molecule is Cc1ccc(C(C)C)cc1N.Cc1ccc(C(C)C)cc1N. The highest BCUT2D eigenvalue weighted by molar-refractivity contribution is 5.49. The lowest BCUT2D eigenvalue weighted by Crippen LogP contribution is -1.93. The van der Waals surface area contributed by atoms with Gasteiger partial charge >= 0.3 is 0 Å². The molecule has 0 radical (unpaired) electrons. The molecule has 4 N–H and O–H groups in total. The van der Waals surface area contributed by atoms with Crippen LogP contribution >= 0.6 is 0 Å². The summed E-state index contributed by atoms with van der Waals surface area (Å²) in [6.45, 7) is 12.7. The largest absolute Gasteiger partial charge is 0.399 e. The van der Waals surface area contributed by atoms with E-state index in [0.717, 1.165) is 22.5 Å². The molecule has 2 rings (SSSR count). The van der Waals surface area contributed by atoms with E-state index in [9.17, 15) is 0 Å². The lowest BCUT2D eigenvalue weighted by molar-refractivity contribution is 0.866. The number of anilines is 2. The van der Waals surface area contributed by atoms with Gasteiger partial charge in [-0.05, 0) is 60.1 Å². The summed E-state index contributed by atoms with van der Waals surface area (Å²) in [6.07, 6.45) is 0. The van der Waals surface area contributed by atoms with E-state index in [1.54, 1.807) is 0 Å². The van der Waals surface area contributed by atoms with Crippen molar-refractivity contribution >= 4 is 11.4 Å². The van der Waals surface area contributed by atoms with Gasteiger partial charge in [-0.1, -0.05) is 52.0 Å². The molecule has 0 spiro atoms. The number of nitrogens with two attached hydrogens (primary N) is 2. The van der Waals surface area contributed by atoms with Gasteiger partial charge in [0.2, 0.25) is 0 Å². The van der Waals surface area contributed by atoms with E-state index in [2.05, 4.69) is 64.1 Å². The number of hydrogen-bond acceptors (Lipinski definition) is 2. The maximum atomic E-state index is 5.76. The highest BCUT2D eigenvalue weighted by Crippen LogP contribution is 2.20. The number of rotatable bonds is 2. The molecule has 2 aromatic rings. The average molecular weight is 298 g/mol. The Labute approximate surface area is 135 Å². The minimum atomic E-state index is 0.567. The first-order valence-corrected chi connectivity index (χ1v) is 7.94. The first kappa shape index (κ1) is 18.1. The summed E-state index contributed by atoms with van der Waals surface area (Å²) >= 11 is 0. The Morgan fingerprint density at radius 3 is 1.18 bits per heavy atom. The Hall–Kier alpha value is -1.96. The fourth-order valence-electron chi connectivity index (χ4n) is 2.04. The monoisotopic (exact) mass is 298 g/mol. The molecule has 0 atom stereocenters. The number of aryl methyl sites for hydroxylation is 2. The molecule has 2 heteroatoms. The zero-order valence-electron chi connectivity index (χ0n) is 14.8. The molecule has 2 aromatic carbocycles. The highest BCUT2D eigenvalue weighted by Gasteiger charge is 2.00. The van der Waals surface area contributed by atoms with Gasteiger partial charge in [-0.25, -0.2) is 0 Å². The van der Waals surface area contributed by atoms with Crippen LogP contribution in [0.25, 0.3) is 0 Å². The van der Waals surface area contributed by atoms with E-state index in [1.165, 1.54) is 11.1 Å². The second kappa shape index (κ2) is 7.88. The quantitative estimate of drug-likeness (QED) is 0.729. The van der Waals surface area contributed by atoms with E-state index in [0.29, 0.717) is 11.8 Å². The minimum Gasteiger partial charge on any atom is -0.399 e. The molecule has 22 heavy (non-hydrogen) atoms. The average Bonchev–Trinajstić information content (AvgIpc) is 2.45. The van der Waals surface area contributed by atoms with E-state index in [-0.39, 0.29) is 0 Å². The zero-order valence-corrected chi connectivity index (χ0v) is 14.8. The van der Waals surface area contributed by atoms with Crippen LogP contribution in [0.1, 0.15) is 61.8 Å². The van der Waals surface area contributed by atoms with Crippen molar-refractivity contribution in [2.24, 2.45) is 0 Å². The molecule has 0 aliphatic heterocycles. The maximum absolute atomic E-state index is 5.76. The fourth-order valence-corrected chi connectivity index (χ4v) is 2.04. The molecule has 0 amide bonds. The van der Waals surface area contributed by atoms with Crippen molar-refractivity contribution in [1.29, 1.82) is 0 Å². The van der Waals surface area contributed by atoms with Crippen molar-refractivity contribution in [3.63, 3.8) is 0 Å². The summed E-state index contributed by atoms with van der Waals surface area (Å²) in [5.74, 6) is 1.13. The van der Waals surface area contributed by atoms with Crippen molar-refractivity contribution in [2.75, 3.05) is 11.5 Å². The van der Waals surface area contributed by atoms with Crippen LogP contribution < -0.4 is 11.5 Å². The van der Waals surface area contributed by atoms with Crippen LogP contribution in [0.5, 0.6) is 0 Å². The number of nitrogen functional groups attached to an aromatic ring is 2. The molecule has 0 aliphatic rings. The summed E-state index contributed by atoms with van der Waals surface area (Å²) in [6, 6.07) is 12.5. The van der Waals surface area contributed by atoms with Crippen molar-refractivity contribution < 1.29 is 0 Å². The third-order valence-electron chi connectivity index (χ3n) is 3.94. The maximum Gasteiger partial charge on any atom is 0.0346 e. The molecule has 120 valence electrons. The van der Waals surface area contributed by atoms with Gasteiger partial charge in [0.15, 0.2) is 0 Å². The van der Waals surface area contributed by atoms with E-state index >= 15 is 0 Å². The molecule has 0 heterocycles. The first-order valence-electron chi connectivity index (χ1n) is 7.94. The Kier molecular flexibility index (Phi) is 6.48. The molecular formula is C20H30N2. The van der Waals surface area contributed by atoms with Crippen LogP contribution in [-0.4, -0.2) is 0 Å². The predicted molar refractivity (Wildman–Crippen MR) is 99.4 cm³/mol. The molecule has 0 bridgehead atoms. The van der Waals surface area contributed by atoms with E-state index in [1.807, 2.05) is 13.8 Å². The normalized spacial score (nSPS) is 10.5. The van der Waals surface area contributed by atoms with Crippen LogP contribution in [0.3, 0.4) is 0 Å². The molecular weight excluding hydrogens is 268 g/mol. The third kappa shape index (κ3) is 5.10. The Bertz CT molecular complexity index is 558. The van der Waals surface area contributed by atoms with Crippen LogP contribution in [0.15, 0.2) is 36.4 Å². The van der Waals surface area contributed by atoms with E-state index in [4.69, 9.17) is 11.5 Å². The highest BCUT2D eigenvalue weighted by atomic mass is 14.6. The predicted octanol–water partition coefficient (Wildman–Crippen LogP) is 5.40. The molecule has 0 aromatic heterocycles. The molecule has 2 nitrogen and oxygen atoms in total. The van der Waals surface area contributed by atoms with Gasteiger partial charge in [-0.15, -0.1) is 0 Å². The van der Waals surface area contributed by atoms with E-state index < -0.39 is 0 Å². The third-order valence-corrected chi connectivity index (χ3v) is 3.94. The minimum absolute atomic E-state index is 0.567. The standard InChI is InChI=1S/2C10H15N/c2*1-7(2)9-5-4-8(3)10(11)6-9/h2*4-7H,11H2,1-3H3. The summed E-state index contributed by atoms with van der Waals surface area (Å²) in [4.78, 5) is 0. The van der Waals surface area contributed by atoms with Crippen molar-refractivity contribution in [1.82, 2.24) is 0 Å². The lowest BCUT2D eigenvalue weighted by atomic mass is 10.0. The lowest BCUT2D eigenvalue weighted by Gasteiger charge is -2.07. The topological polar surface area (TPSA) is 52.0 Å². The summed E-state index contributed by atoms with van der Waals surface area (Å²) in [5.41, 5.74) is 18.3. The van der Waals surface area contributed by atoms with Gasteiger partial charge in [0.25, 0.3) is 0 Å². The molecule has 0 unspecified atom stereocenters. The van der Waals surface area contributed by atoms with Gasteiger partial charge < -0.3 is 11.5 Å². The van der Waals surface area contributed by atoms with Gasteiger partial charge in [-0.3, -0.25) is 0 Å². The van der Waals surface area contributed by atoms with Crippen molar-refractivity contribution in [3.8, 4) is 0 Å². The Morgan fingerprint density at radius 2 is 0.955 bits per heavy atom. The van der Waals surface area contributed by atoms with Gasteiger partial charge in [-0.2, -0.15) is 0 Å². The van der Waals surface area contributed by atoms with Gasteiger partial charge in [0, 0.05) is 11.4 Å². The summed E-state index contributed by atoms with van der Waals surface area (Å²) in [5, 5.41) is 0. The zero-order chi connectivity index (χ0) is 16.9. The second-order valence-electron chi connectivity index (χ2n) is 6.54. The number of benzene rings is 2. The van der Waals surface area contributed by atoms with Crippen molar-refractivity contribution in [2.45, 2.75) is 53.4 Å². The summed E-state index contributed by atoms with van der Waals surface area (Å²) in [7, 11) is 0. The number of hydrogen-bond donors (Lipinski definition) is 2. The second-order valence-corrected chi connectivity index (χ2v) is 6.54.